The van der Waals surface area contributed by atoms with Crippen molar-refractivity contribution in [1.29, 1.82) is 0 Å². The molecule has 6 nitrogen and oxygen atoms in total. The molecule has 0 bridgehead atoms. The highest BCUT2D eigenvalue weighted by molar-refractivity contribution is 7.86. The van der Waals surface area contributed by atoms with Gasteiger partial charge in [0.15, 0.2) is 0 Å². The first-order valence-electron chi connectivity index (χ1n) is 6.03. The van der Waals surface area contributed by atoms with Crippen LogP contribution in [0.1, 0.15) is 12.1 Å². The molecule has 8 heteroatoms. The zero-order chi connectivity index (χ0) is 14.0. The van der Waals surface area contributed by atoms with Crippen LogP contribution in [-0.4, -0.2) is 54.2 Å². The maximum absolute atomic E-state index is 12.0. The van der Waals surface area contributed by atoms with Crippen LogP contribution in [-0.2, 0) is 16.6 Å². The molecular formula is C11H17ClN4O2S. The third kappa shape index (κ3) is 3.42. The second-order valence-corrected chi connectivity index (χ2v) is 7.37. The fourth-order valence-corrected chi connectivity index (χ4v) is 3.55. The van der Waals surface area contributed by atoms with Crippen LogP contribution in [0, 0.1) is 5.92 Å². The molecule has 0 aliphatic carbocycles. The van der Waals surface area contributed by atoms with Crippen LogP contribution in [0.3, 0.4) is 0 Å². The van der Waals surface area contributed by atoms with Crippen molar-refractivity contribution in [1.82, 2.24) is 18.6 Å². The summed E-state index contributed by atoms with van der Waals surface area (Å²) in [4.78, 5) is 7.98. The molecule has 0 saturated carbocycles. The molecule has 0 amide bonds. The Morgan fingerprint density at radius 3 is 2.84 bits per heavy atom. The van der Waals surface area contributed by atoms with Crippen LogP contribution >= 0.6 is 11.6 Å². The van der Waals surface area contributed by atoms with Crippen molar-refractivity contribution in [3.8, 4) is 0 Å². The van der Waals surface area contributed by atoms with Crippen LogP contribution in [0.5, 0.6) is 0 Å². The van der Waals surface area contributed by atoms with E-state index >= 15 is 0 Å². The summed E-state index contributed by atoms with van der Waals surface area (Å²) in [5, 5.41) is 0.417. The van der Waals surface area contributed by atoms with Gasteiger partial charge in [-0.1, -0.05) is 11.6 Å². The van der Waals surface area contributed by atoms with E-state index < -0.39 is 10.2 Å². The van der Waals surface area contributed by atoms with Gasteiger partial charge in [0.25, 0.3) is 10.2 Å². The lowest BCUT2D eigenvalue weighted by Gasteiger charge is -2.20. The quantitative estimate of drug-likeness (QED) is 0.772. The predicted octanol–water partition coefficient (Wildman–Crippen LogP) is 0.801. The molecule has 1 saturated heterocycles. The average Bonchev–Trinajstić information content (AvgIpc) is 2.78. The Labute approximate surface area is 118 Å². The Balaban J connectivity index is 2.00. The molecule has 1 aliphatic rings. The van der Waals surface area contributed by atoms with Gasteiger partial charge in [0, 0.05) is 32.9 Å². The SMILES string of the molecule is CN(C)S(=O)(=O)N1CCC(Cc2cc(Cl)ncn2)C1. The van der Waals surface area contributed by atoms with Gasteiger partial charge in [-0.05, 0) is 24.8 Å². The molecule has 1 aliphatic heterocycles. The highest BCUT2D eigenvalue weighted by Crippen LogP contribution is 2.23. The summed E-state index contributed by atoms with van der Waals surface area (Å²) in [6.45, 7) is 1.09. The monoisotopic (exact) mass is 304 g/mol. The zero-order valence-corrected chi connectivity index (χ0v) is 12.5. The molecule has 0 N–H and O–H groups in total. The van der Waals surface area contributed by atoms with Crippen molar-refractivity contribution in [3.05, 3.63) is 23.2 Å². The summed E-state index contributed by atoms with van der Waals surface area (Å²) in [7, 11) is -0.205. The second kappa shape index (κ2) is 5.70. The normalized spacial score (nSPS) is 21.2. The molecule has 19 heavy (non-hydrogen) atoms. The molecule has 1 fully saturated rings. The molecule has 2 heterocycles. The molecule has 1 atom stereocenters. The van der Waals surface area contributed by atoms with Gasteiger partial charge in [-0.3, -0.25) is 0 Å². The summed E-state index contributed by atoms with van der Waals surface area (Å²) >= 11 is 5.81. The summed E-state index contributed by atoms with van der Waals surface area (Å²) in [6, 6.07) is 1.73. The molecule has 1 aromatic rings. The number of aromatic nitrogens is 2. The smallest absolute Gasteiger partial charge is 0.241 e. The largest absolute Gasteiger partial charge is 0.281 e. The van der Waals surface area contributed by atoms with Crippen molar-refractivity contribution < 1.29 is 8.42 Å². The maximum atomic E-state index is 12.0. The Hall–Kier alpha value is -0.760. The molecule has 1 unspecified atom stereocenters. The van der Waals surface area contributed by atoms with Gasteiger partial charge in [-0.2, -0.15) is 17.0 Å². The number of halogens is 1. The third-order valence-electron chi connectivity index (χ3n) is 3.22. The van der Waals surface area contributed by atoms with E-state index in [-0.39, 0.29) is 5.92 Å². The Morgan fingerprint density at radius 2 is 2.21 bits per heavy atom. The fraction of sp³-hybridized carbons (Fsp3) is 0.636. The van der Waals surface area contributed by atoms with Gasteiger partial charge < -0.3 is 0 Å². The van der Waals surface area contributed by atoms with E-state index in [4.69, 9.17) is 11.6 Å². The van der Waals surface area contributed by atoms with Crippen molar-refractivity contribution in [3.63, 3.8) is 0 Å². The first-order valence-corrected chi connectivity index (χ1v) is 7.81. The standard InChI is InChI=1S/C11H17ClN4O2S/c1-15(2)19(17,18)16-4-3-9(7-16)5-10-6-11(12)14-8-13-10/h6,8-9H,3-5,7H2,1-2H3. The number of nitrogens with zero attached hydrogens (tertiary/aromatic N) is 4. The number of hydrogen-bond donors (Lipinski definition) is 0. The van der Waals surface area contributed by atoms with Crippen molar-refractivity contribution >= 4 is 21.8 Å². The summed E-state index contributed by atoms with van der Waals surface area (Å²) in [5.41, 5.74) is 0.856. The lowest BCUT2D eigenvalue weighted by Crippen LogP contribution is -2.38. The average molecular weight is 305 g/mol. The van der Waals surface area contributed by atoms with Gasteiger partial charge >= 0.3 is 0 Å². The van der Waals surface area contributed by atoms with Crippen molar-refractivity contribution in [2.75, 3.05) is 27.2 Å². The summed E-state index contributed by atoms with van der Waals surface area (Å²) in [5.74, 6) is 0.278. The van der Waals surface area contributed by atoms with Gasteiger partial charge in [0.1, 0.15) is 11.5 Å². The van der Waals surface area contributed by atoms with E-state index in [9.17, 15) is 8.42 Å². The highest BCUT2D eigenvalue weighted by Gasteiger charge is 2.32. The number of rotatable bonds is 4. The molecule has 0 spiro atoms. The third-order valence-corrected chi connectivity index (χ3v) is 5.34. The minimum Gasteiger partial charge on any atom is -0.241 e. The molecular weight excluding hydrogens is 288 g/mol. The van der Waals surface area contributed by atoms with Crippen LogP contribution in [0.4, 0.5) is 0 Å². The summed E-state index contributed by atoms with van der Waals surface area (Å²) in [6.07, 6.45) is 3.00. The van der Waals surface area contributed by atoms with Gasteiger partial charge in [-0.15, -0.1) is 0 Å². The van der Waals surface area contributed by atoms with Gasteiger partial charge in [-0.25, -0.2) is 9.97 Å². The molecule has 0 aromatic carbocycles. The Bertz CT molecular complexity index is 549. The maximum Gasteiger partial charge on any atom is 0.281 e. The minimum atomic E-state index is -3.30. The predicted molar refractivity (Wildman–Crippen MR) is 73.0 cm³/mol. The van der Waals surface area contributed by atoms with E-state index in [2.05, 4.69) is 9.97 Å². The van der Waals surface area contributed by atoms with E-state index in [1.54, 1.807) is 20.2 Å². The molecule has 0 radical (unpaired) electrons. The van der Waals surface area contributed by atoms with Crippen LogP contribution < -0.4 is 0 Å². The fourth-order valence-electron chi connectivity index (χ4n) is 2.18. The lowest BCUT2D eigenvalue weighted by atomic mass is 10.0. The molecule has 2 rings (SSSR count). The molecule has 1 aromatic heterocycles. The zero-order valence-electron chi connectivity index (χ0n) is 11.0. The summed E-state index contributed by atoms with van der Waals surface area (Å²) < 4.78 is 26.7. The first kappa shape index (κ1) is 14.6. The Kier molecular flexibility index (Phi) is 4.39. The van der Waals surface area contributed by atoms with E-state index in [1.807, 2.05) is 0 Å². The van der Waals surface area contributed by atoms with Crippen molar-refractivity contribution in [2.45, 2.75) is 12.8 Å². The Morgan fingerprint density at radius 1 is 1.47 bits per heavy atom. The van der Waals surface area contributed by atoms with E-state index in [1.165, 1.54) is 14.9 Å². The van der Waals surface area contributed by atoms with Gasteiger partial charge in [0.2, 0.25) is 0 Å². The van der Waals surface area contributed by atoms with Crippen LogP contribution in [0.25, 0.3) is 0 Å². The van der Waals surface area contributed by atoms with Crippen molar-refractivity contribution in [2.24, 2.45) is 5.92 Å². The topological polar surface area (TPSA) is 66.4 Å². The van der Waals surface area contributed by atoms with E-state index in [0.717, 1.165) is 18.5 Å². The number of hydrogen-bond acceptors (Lipinski definition) is 4. The van der Waals surface area contributed by atoms with Gasteiger partial charge in [0.05, 0.1) is 0 Å². The first-order chi connectivity index (χ1) is 8.89. The van der Waals surface area contributed by atoms with Crippen LogP contribution in [0.15, 0.2) is 12.4 Å². The van der Waals surface area contributed by atoms with E-state index in [0.29, 0.717) is 18.2 Å². The minimum absolute atomic E-state index is 0.278. The highest BCUT2D eigenvalue weighted by atomic mass is 35.5. The molecule has 106 valence electrons. The second-order valence-electron chi connectivity index (χ2n) is 4.84. The lowest BCUT2D eigenvalue weighted by molar-refractivity contribution is 0.409. The van der Waals surface area contributed by atoms with Crippen LogP contribution in [0.2, 0.25) is 5.15 Å².